The molecule has 4 N–H and O–H groups in total. The molecule has 0 saturated heterocycles. The van der Waals surface area contributed by atoms with E-state index in [0.29, 0.717) is 6.42 Å². The van der Waals surface area contributed by atoms with Gasteiger partial charge in [0.25, 0.3) is 0 Å². The van der Waals surface area contributed by atoms with Crippen molar-refractivity contribution in [2.24, 2.45) is 0 Å². The van der Waals surface area contributed by atoms with Crippen molar-refractivity contribution in [2.45, 2.75) is 142 Å². The van der Waals surface area contributed by atoms with Gasteiger partial charge in [0, 0.05) is 6.42 Å². The molecule has 0 spiro atoms. The van der Waals surface area contributed by atoms with Gasteiger partial charge in [-0.05, 0) is 13.3 Å². The Morgan fingerprint density at radius 3 is 1.16 bits per heavy atom. The van der Waals surface area contributed by atoms with E-state index in [0.717, 1.165) is 12.8 Å². The second-order valence-corrected chi connectivity index (χ2v) is 8.64. The van der Waals surface area contributed by atoms with Crippen molar-refractivity contribution < 1.29 is 34.8 Å². The summed E-state index contributed by atoms with van der Waals surface area (Å²) in [5, 5.41) is 34.4. The van der Waals surface area contributed by atoms with Crippen molar-refractivity contribution in [3.8, 4) is 0 Å². The van der Waals surface area contributed by atoms with Crippen LogP contribution in [0.4, 0.5) is 0 Å². The Kier molecular flexibility index (Phi) is 24.7. The fraction of sp³-hybridized carbons (Fsp3) is 0.880. The van der Waals surface area contributed by atoms with Crippen LogP contribution >= 0.6 is 0 Å². The Morgan fingerprint density at radius 1 is 0.562 bits per heavy atom. The molecule has 0 radical (unpaired) electrons. The van der Waals surface area contributed by atoms with Crippen LogP contribution in [0, 0.1) is 0 Å². The molecule has 0 saturated carbocycles. The number of aliphatic hydroxyl groups is 2. The number of carbonyl (C=O) groups is 3. The Hall–Kier alpha value is -1.47. The molecular formula is C25H48O7. The van der Waals surface area contributed by atoms with Gasteiger partial charge in [0.1, 0.15) is 6.10 Å². The Labute approximate surface area is 194 Å². The fourth-order valence-electron chi connectivity index (χ4n) is 3.30. The van der Waals surface area contributed by atoms with Crippen LogP contribution in [0.25, 0.3) is 0 Å². The maximum absolute atomic E-state index is 11.5. The molecule has 0 aliphatic heterocycles. The van der Waals surface area contributed by atoms with Crippen LogP contribution in [-0.4, -0.2) is 50.4 Å². The van der Waals surface area contributed by atoms with Crippen molar-refractivity contribution in [1.82, 2.24) is 0 Å². The highest BCUT2D eigenvalue weighted by atomic mass is 16.4. The molecule has 0 fully saturated rings. The zero-order valence-electron chi connectivity index (χ0n) is 20.4. The fourth-order valence-corrected chi connectivity index (χ4v) is 3.30. The predicted molar refractivity (Wildman–Crippen MR) is 127 cm³/mol. The predicted octanol–water partition coefficient (Wildman–Crippen LogP) is 5.49. The van der Waals surface area contributed by atoms with E-state index < -0.39 is 24.1 Å². The first-order valence-corrected chi connectivity index (χ1v) is 12.5. The number of aliphatic hydroxyl groups excluding tert-OH is 2. The lowest BCUT2D eigenvalue weighted by Crippen LogP contribution is -2.31. The first kappa shape index (κ1) is 32.7. The van der Waals surface area contributed by atoms with Crippen LogP contribution in [0.1, 0.15) is 129 Å². The van der Waals surface area contributed by atoms with Gasteiger partial charge in [-0.1, -0.05) is 96.8 Å². The topological polar surface area (TPSA) is 132 Å². The highest BCUT2D eigenvalue weighted by Gasteiger charge is 2.19. The molecule has 0 bridgehead atoms. The SMILES string of the molecule is CCCCCCCCCCCCCCCCCC(=O)C(O)C(C)O.O=C(O)CCC(=O)O. The van der Waals surface area contributed by atoms with Gasteiger partial charge in [-0.3, -0.25) is 14.4 Å². The Balaban J connectivity index is 0. The summed E-state index contributed by atoms with van der Waals surface area (Å²) in [7, 11) is 0. The molecule has 0 aliphatic carbocycles. The summed E-state index contributed by atoms with van der Waals surface area (Å²) in [6.45, 7) is 3.72. The smallest absolute Gasteiger partial charge is 0.303 e. The minimum absolute atomic E-state index is 0.223. The summed E-state index contributed by atoms with van der Waals surface area (Å²) in [5.41, 5.74) is 0. The summed E-state index contributed by atoms with van der Waals surface area (Å²) in [4.78, 5) is 30.8. The van der Waals surface area contributed by atoms with Crippen LogP contribution in [0.15, 0.2) is 0 Å². The summed E-state index contributed by atoms with van der Waals surface area (Å²) in [5.74, 6) is -2.38. The lowest BCUT2D eigenvalue weighted by molar-refractivity contribution is -0.143. The average Bonchev–Trinajstić information content (AvgIpc) is 2.74. The summed E-state index contributed by atoms with van der Waals surface area (Å²) >= 11 is 0. The molecule has 0 amide bonds. The number of Topliss-reactive ketones (excluding diaryl/α,β-unsaturated/α-hetero) is 1. The van der Waals surface area contributed by atoms with Crippen molar-refractivity contribution in [1.29, 1.82) is 0 Å². The molecule has 7 nitrogen and oxygen atoms in total. The van der Waals surface area contributed by atoms with E-state index in [-0.39, 0.29) is 18.6 Å². The summed E-state index contributed by atoms with van der Waals surface area (Å²) < 4.78 is 0. The van der Waals surface area contributed by atoms with E-state index in [9.17, 15) is 19.5 Å². The van der Waals surface area contributed by atoms with Crippen LogP contribution in [0.2, 0.25) is 0 Å². The Bertz CT molecular complexity index is 449. The first-order chi connectivity index (χ1) is 15.2. The van der Waals surface area contributed by atoms with Gasteiger partial charge >= 0.3 is 11.9 Å². The third-order valence-electron chi connectivity index (χ3n) is 5.37. The van der Waals surface area contributed by atoms with Crippen molar-refractivity contribution in [3.63, 3.8) is 0 Å². The van der Waals surface area contributed by atoms with Crippen LogP contribution in [-0.2, 0) is 14.4 Å². The van der Waals surface area contributed by atoms with Crippen molar-refractivity contribution in [3.05, 3.63) is 0 Å². The molecule has 0 heterocycles. The molecule has 190 valence electrons. The Morgan fingerprint density at radius 2 is 0.875 bits per heavy atom. The second-order valence-electron chi connectivity index (χ2n) is 8.64. The van der Waals surface area contributed by atoms with Crippen molar-refractivity contribution >= 4 is 17.7 Å². The second kappa shape index (κ2) is 24.2. The van der Waals surface area contributed by atoms with Gasteiger partial charge in [-0.25, -0.2) is 0 Å². The zero-order valence-corrected chi connectivity index (χ0v) is 20.4. The van der Waals surface area contributed by atoms with Crippen LogP contribution in [0.5, 0.6) is 0 Å². The first-order valence-electron chi connectivity index (χ1n) is 12.5. The molecule has 0 aromatic carbocycles. The molecule has 2 atom stereocenters. The molecule has 2 unspecified atom stereocenters. The maximum atomic E-state index is 11.5. The van der Waals surface area contributed by atoms with E-state index >= 15 is 0 Å². The minimum atomic E-state index is -1.20. The number of unbranched alkanes of at least 4 members (excludes halogenated alkanes) is 14. The van der Waals surface area contributed by atoms with Gasteiger partial charge in [0.2, 0.25) is 0 Å². The number of carbonyl (C=O) groups excluding carboxylic acids is 1. The van der Waals surface area contributed by atoms with Gasteiger partial charge in [-0.2, -0.15) is 0 Å². The number of rotatable bonds is 21. The molecule has 0 aliphatic rings. The van der Waals surface area contributed by atoms with Gasteiger partial charge in [-0.15, -0.1) is 0 Å². The normalized spacial score (nSPS) is 12.5. The summed E-state index contributed by atoms with van der Waals surface area (Å²) in [6.07, 6.45) is 17.2. The van der Waals surface area contributed by atoms with E-state index in [2.05, 4.69) is 6.92 Å². The average molecular weight is 461 g/mol. The van der Waals surface area contributed by atoms with Crippen LogP contribution in [0.3, 0.4) is 0 Å². The van der Waals surface area contributed by atoms with E-state index in [1.54, 1.807) is 0 Å². The van der Waals surface area contributed by atoms with Gasteiger partial charge in [0.15, 0.2) is 5.78 Å². The molecule has 0 aromatic heterocycles. The van der Waals surface area contributed by atoms with E-state index in [1.807, 2.05) is 0 Å². The number of carboxylic acid groups (broad SMARTS) is 2. The molecule has 32 heavy (non-hydrogen) atoms. The maximum Gasteiger partial charge on any atom is 0.303 e. The summed E-state index contributed by atoms with van der Waals surface area (Å²) in [6, 6.07) is 0. The third kappa shape index (κ3) is 26.6. The highest BCUT2D eigenvalue weighted by Crippen LogP contribution is 2.14. The third-order valence-corrected chi connectivity index (χ3v) is 5.37. The number of hydrogen-bond donors (Lipinski definition) is 4. The van der Waals surface area contributed by atoms with Crippen LogP contribution < -0.4 is 0 Å². The molecular weight excluding hydrogens is 412 g/mol. The van der Waals surface area contributed by atoms with Crippen molar-refractivity contribution in [2.75, 3.05) is 0 Å². The minimum Gasteiger partial charge on any atom is -0.481 e. The number of aliphatic carboxylic acids is 2. The lowest BCUT2D eigenvalue weighted by atomic mass is 10.0. The monoisotopic (exact) mass is 460 g/mol. The molecule has 7 heteroatoms. The number of hydrogen-bond acceptors (Lipinski definition) is 5. The zero-order chi connectivity index (χ0) is 24.6. The largest absolute Gasteiger partial charge is 0.481 e. The number of carboxylic acids is 2. The van der Waals surface area contributed by atoms with E-state index in [1.165, 1.54) is 90.4 Å². The van der Waals surface area contributed by atoms with Gasteiger partial charge in [0.05, 0.1) is 18.9 Å². The standard InChI is InChI=1S/C21H42O3.C4H6O4/c1-3-4-5-6-7-8-9-10-11-12-13-14-15-16-17-18-20(23)21(24)19(2)22;5-3(6)1-2-4(7)8/h19,21-22,24H,3-18H2,1-2H3;1-2H2,(H,5,6)(H,7,8). The molecule has 0 aromatic rings. The lowest BCUT2D eigenvalue weighted by Gasteiger charge is -2.11. The van der Waals surface area contributed by atoms with E-state index in [4.69, 9.17) is 15.3 Å². The quantitative estimate of drug-likeness (QED) is 0.166. The number of ketones is 1. The van der Waals surface area contributed by atoms with Gasteiger partial charge < -0.3 is 20.4 Å². The highest BCUT2D eigenvalue weighted by molar-refractivity contribution is 5.83. The molecule has 0 rings (SSSR count).